The Kier molecular flexibility index (Phi) is 3.88. The molecule has 4 aromatic rings. The van der Waals surface area contributed by atoms with Crippen LogP contribution in [-0.2, 0) is 4.79 Å². The minimum Gasteiger partial charge on any atom is -0.266 e. The van der Waals surface area contributed by atoms with Gasteiger partial charge >= 0.3 is 0 Å². The van der Waals surface area contributed by atoms with Gasteiger partial charge in [0.05, 0.1) is 4.91 Å². The quantitative estimate of drug-likeness (QED) is 0.319. The van der Waals surface area contributed by atoms with Crippen molar-refractivity contribution in [3.63, 3.8) is 0 Å². The zero-order valence-electron chi connectivity index (χ0n) is 14.4. The van der Waals surface area contributed by atoms with E-state index in [0.29, 0.717) is 4.91 Å². The lowest BCUT2D eigenvalue weighted by atomic mass is 9.96. The normalized spacial score (nSPS) is 15.6. The molecular formula is C24H15NOS. The first kappa shape index (κ1) is 16.0. The number of thioether (sulfide) groups is 1. The minimum atomic E-state index is -0.170. The van der Waals surface area contributed by atoms with Crippen LogP contribution in [-0.4, -0.2) is 11.0 Å². The molecule has 5 rings (SSSR count). The van der Waals surface area contributed by atoms with Gasteiger partial charge in [0.1, 0.15) is 5.04 Å². The summed E-state index contributed by atoms with van der Waals surface area (Å²) < 4.78 is 0. The average molecular weight is 365 g/mol. The Morgan fingerprint density at radius 1 is 0.741 bits per heavy atom. The number of fused-ring (bicyclic) bond motifs is 2. The number of hydrogen-bond acceptors (Lipinski definition) is 2. The second kappa shape index (κ2) is 6.53. The third-order valence-corrected chi connectivity index (χ3v) is 5.76. The van der Waals surface area contributed by atoms with Crippen LogP contribution in [0.1, 0.15) is 11.1 Å². The van der Waals surface area contributed by atoms with Crippen LogP contribution in [0.15, 0.2) is 94.8 Å². The van der Waals surface area contributed by atoms with Crippen LogP contribution in [0.25, 0.3) is 27.6 Å². The van der Waals surface area contributed by atoms with Crippen molar-refractivity contribution in [3.8, 4) is 0 Å². The van der Waals surface area contributed by atoms with Gasteiger partial charge < -0.3 is 0 Å². The van der Waals surface area contributed by atoms with Crippen LogP contribution in [0.4, 0.5) is 0 Å². The van der Waals surface area contributed by atoms with Crippen molar-refractivity contribution in [3.05, 3.63) is 101 Å². The summed E-state index contributed by atoms with van der Waals surface area (Å²) in [6.07, 6.45) is 2.00. The molecule has 1 aliphatic rings. The zero-order chi connectivity index (χ0) is 18.2. The molecule has 0 unspecified atom stereocenters. The Morgan fingerprint density at radius 2 is 1.33 bits per heavy atom. The summed E-state index contributed by atoms with van der Waals surface area (Å²) in [6, 6.07) is 28.6. The van der Waals surface area contributed by atoms with Crippen LogP contribution in [0.3, 0.4) is 0 Å². The van der Waals surface area contributed by atoms with Crippen LogP contribution >= 0.6 is 11.8 Å². The maximum Gasteiger partial charge on any atom is 0.284 e. The molecule has 27 heavy (non-hydrogen) atoms. The van der Waals surface area contributed by atoms with Gasteiger partial charge in [-0.3, -0.25) is 4.79 Å². The smallest absolute Gasteiger partial charge is 0.266 e. The Bertz CT molecular complexity index is 1200. The van der Waals surface area contributed by atoms with Crippen molar-refractivity contribution in [2.75, 3.05) is 0 Å². The molecule has 0 aliphatic carbocycles. The number of benzene rings is 4. The summed E-state index contributed by atoms with van der Waals surface area (Å²) in [5.41, 5.74) is 2.05. The van der Waals surface area contributed by atoms with Crippen LogP contribution < -0.4 is 0 Å². The third kappa shape index (κ3) is 2.86. The van der Waals surface area contributed by atoms with Crippen LogP contribution in [0, 0.1) is 0 Å². The first-order chi connectivity index (χ1) is 13.3. The number of hydrogen-bond donors (Lipinski definition) is 0. The van der Waals surface area contributed by atoms with Gasteiger partial charge in [0.15, 0.2) is 0 Å². The van der Waals surface area contributed by atoms with Crippen LogP contribution in [0.5, 0.6) is 0 Å². The van der Waals surface area contributed by atoms with E-state index in [9.17, 15) is 4.79 Å². The summed E-state index contributed by atoms with van der Waals surface area (Å²) in [7, 11) is 0. The molecule has 0 saturated carbocycles. The fourth-order valence-electron chi connectivity index (χ4n) is 3.45. The average Bonchev–Trinajstić information content (AvgIpc) is 3.09. The van der Waals surface area contributed by atoms with E-state index in [2.05, 4.69) is 35.3 Å². The summed E-state index contributed by atoms with van der Waals surface area (Å²) in [5.74, 6) is -0.170. The fraction of sp³-hybridized carbons (Fsp3) is 0. The molecule has 0 fully saturated rings. The second-order valence-electron chi connectivity index (χ2n) is 6.43. The lowest BCUT2D eigenvalue weighted by Gasteiger charge is -2.09. The minimum absolute atomic E-state index is 0.170. The standard InChI is InChI=1S/C24H15NOS/c26-23-22(27-24(25-23)16-8-2-1-3-9-16)15-21-19-12-6-4-10-17(19)14-18-11-5-7-13-20(18)21/h1-15H. The number of carbonyl (C=O) groups is 1. The van der Waals surface area contributed by atoms with Crippen molar-refractivity contribution in [1.29, 1.82) is 0 Å². The van der Waals surface area contributed by atoms with Gasteiger partial charge in [-0.25, -0.2) is 4.99 Å². The highest BCUT2D eigenvalue weighted by molar-refractivity contribution is 8.19. The molecule has 0 aromatic heterocycles. The number of carbonyl (C=O) groups excluding carboxylic acids is 1. The van der Waals surface area contributed by atoms with E-state index >= 15 is 0 Å². The van der Waals surface area contributed by atoms with Gasteiger partial charge in [-0.2, -0.15) is 0 Å². The molecular weight excluding hydrogens is 350 g/mol. The van der Waals surface area contributed by atoms with E-state index in [1.54, 1.807) is 0 Å². The number of nitrogens with zero attached hydrogens (tertiary/aromatic N) is 1. The molecule has 1 aliphatic heterocycles. The predicted molar refractivity (Wildman–Crippen MR) is 115 cm³/mol. The zero-order valence-corrected chi connectivity index (χ0v) is 15.2. The largest absolute Gasteiger partial charge is 0.284 e. The fourth-order valence-corrected chi connectivity index (χ4v) is 4.35. The molecule has 128 valence electrons. The van der Waals surface area contributed by atoms with E-state index in [4.69, 9.17) is 0 Å². The van der Waals surface area contributed by atoms with E-state index in [0.717, 1.165) is 26.9 Å². The first-order valence-electron chi connectivity index (χ1n) is 8.78. The van der Waals surface area contributed by atoms with Crippen molar-refractivity contribution in [2.45, 2.75) is 0 Å². The SMILES string of the molecule is O=C1N=C(c2ccccc2)SC1=Cc1c2ccccc2cc2ccccc12. The maximum atomic E-state index is 12.6. The lowest BCUT2D eigenvalue weighted by molar-refractivity contribution is -0.113. The van der Waals surface area contributed by atoms with Gasteiger partial charge in [0, 0.05) is 5.56 Å². The van der Waals surface area contributed by atoms with Crippen LogP contribution in [0.2, 0.25) is 0 Å². The van der Waals surface area contributed by atoms with Gasteiger partial charge in [-0.1, -0.05) is 90.6 Å². The highest BCUT2D eigenvalue weighted by atomic mass is 32.2. The van der Waals surface area contributed by atoms with Gasteiger partial charge in [0.25, 0.3) is 5.91 Å². The first-order valence-corrected chi connectivity index (χ1v) is 9.60. The Hall–Kier alpha value is -3.17. The number of aliphatic imine (C=N–C) groups is 1. The van der Waals surface area contributed by atoms with Crippen molar-refractivity contribution >= 4 is 50.3 Å². The number of amides is 1. The van der Waals surface area contributed by atoms with Crippen molar-refractivity contribution in [2.24, 2.45) is 4.99 Å². The molecule has 0 bridgehead atoms. The monoisotopic (exact) mass is 365 g/mol. The molecule has 0 atom stereocenters. The Labute approximate surface area is 161 Å². The molecule has 0 N–H and O–H groups in total. The highest BCUT2D eigenvalue weighted by Gasteiger charge is 2.23. The van der Waals surface area contributed by atoms with Gasteiger partial charge in [-0.05, 0) is 39.3 Å². The van der Waals surface area contributed by atoms with Gasteiger partial charge in [0.2, 0.25) is 0 Å². The van der Waals surface area contributed by atoms with E-state index < -0.39 is 0 Å². The molecule has 0 spiro atoms. The molecule has 1 heterocycles. The highest BCUT2D eigenvalue weighted by Crippen LogP contribution is 2.36. The molecule has 1 amide bonds. The van der Waals surface area contributed by atoms with Gasteiger partial charge in [-0.15, -0.1) is 0 Å². The Balaban J connectivity index is 1.67. The number of rotatable bonds is 2. The maximum absolute atomic E-state index is 12.6. The summed E-state index contributed by atoms with van der Waals surface area (Å²) >= 11 is 1.45. The van der Waals surface area contributed by atoms with Crippen molar-refractivity contribution in [1.82, 2.24) is 0 Å². The predicted octanol–water partition coefficient (Wildman–Crippen LogP) is 6.05. The molecule has 0 radical (unpaired) electrons. The summed E-state index contributed by atoms with van der Waals surface area (Å²) in [6.45, 7) is 0. The summed E-state index contributed by atoms with van der Waals surface area (Å²) in [4.78, 5) is 17.5. The molecule has 4 aromatic carbocycles. The van der Waals surface area contributed by atoms with E-state index in [1.165, 1.54) is 22.5 Å². The molecule has 3 heteroatoms. The second-order valence-corrected chi connectivity index (χ2v) is 7.46. The third-order valence-electron chi connectivity index (χ3n) is 4.73. The molecule has 0 saturated heterocycles. The Morgan fingerprint density at radius 3 is 2.00 bits per heavy atom. The van der Waals surface area contributed by atoms with Crippen molar-refractivity contribution < 1.29 is 4.79 Å². The summed E-state index contributed by atoms with van der Waals surface area (Å²) in [5, 5.41) is 5.39. The van der Waals surface area contributed by atoms with E-state index in [1.807, 2.05) is 60.7 Å². The molecule has 2 nitrogen and oxygen atoms in total. The topological polar surface area (TPSA) is 29.4 Å². The lowest BCUT2D eigenvalue weighted by Crippen LogP contribution is -1.90. The van der Waals surface area contributed by atoms with E-state index in [-0.39, 0.29) is 5.91 Å².